The van der Waals surface area contributed by atoms with E-state index < -0.39 is 0 Å². The summed E-state index contributed by atoms with van der Waals surface area (Å²) in [5.41, 5.74) is 1.72. The second-order valence-corrected chi connectivity index (χ2v) is 6.47. The normalized spacial score (nSPS) is 11.1. The van der Waals surface area contributed by atoms with E-state index in [-0.39, 0.29) is 5.41 Å². The number of rotatable bonds is 7. The van der Waals surface area contributed by atoms with Gasteiger partial charge < -0.3 is 14.8 Å². The van der Waals surface area contributed by atoms with Gasteiger partial charge in [-0.25, -0.2) is 0 Å². The number of aromatic nitrogens is 2. The molecule has 0 spiro atoms. The Bertz CT molecular complexity index is 706. The number of hydrogen-bond donors (Lipinski definition) is 1. The Kier molecular flexibility index (Phi) is 6.31. The van der Waals surface area contributed by atoms with Crippen LogP contribution in [0.4, 0.5) is 5.82 Å². The molecule has 0 radical (unpaired) electrons. The van der Waals surface area contributed by atoms with Crippen molar-refractivity contribution < 1.29 is 9.47 Å². The SMILES string of the molecule is CCC(C)(CC)c1ccc(NC(=S)c2c(OC)cccc2OC)nn1. The highest BCUT2D eigenvalue weighted by molar-refractivity contribution is 7.81. The van der Waals surface area contributed by atoms with Gasteiger partial charge in [-0.3, -0.25) is 0 Å². The first kappa shape index (κ1) is 19.1. The van der Waals surface area contributed by atoms with Crippen molar-refractivity contribution >= 4 is 23.0 Å². The van der Waals surface area contributed by atoms with Gasteiger partial charge in [-0.1, -0.05) is 39.1 Å². The van der Waals surface area contributed by atoms with E-state index in [1.54, 1.807) is 14.2 Å². The summed E-state index contributed by atoms with van der Waals surface area (Å²) in [6.45, 7) is 6.54. The summed E-state index contributed by atoms with van der Waals surface area (Å²) >= 11 is 5.52. The van der Waals surface area contributed by atoms with Crippen LogP contribution in [0.3, 0.4) is 0 Å². The molecule has 1 aromatic heterocycles. The number of thiocarbonyl (C=S) groups is 1. The maximum Gasteiger partial charge on any atom is 0.153 e. The van der Waals surface area contributed by atoms with Gasteiger partial charge in [0.1, 0.15) is 16.5 Å². The Morgan fingerprint density at radius 3 is 2.08 bits per heavy atom. The van der Waals surface area contributed by atoms with Gasteiger partial charge in [0.15, 0.2) is 5.82 Å². The van der Waals surface area contributed by atoms with Crippen LogP contribution in [-0.4, -0.2) is 29.4 Å². The lowest BCUT2D eigenvalue weighted by atomic mass is 9.81. The van der Waals surface area contributed by atoms with Gasteiger partial charge in [-0.05, 0) is 37.1 Å². The topological polar surface area (TPSA) is 56.3 Å². The summed E-state index contributed by atoms with van der Waals surface area (Å²) in [5.74, 6) is 1.88. The molecular weight excluding hydrogens is 334 g/mol. The second-order valence-electron chi connectivity index (χ2n) is 6.06. The first-order chi connectivity index (χ1) is 12.0. The molecule has 0 fully saturated rings. The highest BCUT2D eigenvalue weighted by Crippen LogP contribution is 2.31. The van der Waals surface area contributed by atoms with Gasteiger partial charge >= 0.3 is 0 Å². The molecule has 1 heterocycles. The standard InChI is InChI=1S/C19H25N3O2S/c1-6-19(3,7-2)15-11-12-16(22-21-15)20-18(25)17-13(23-4)9-8-10-14(17)24-5/h8-12H,6-7H2,1-5H3,(H,20,22,25). The van der Waals surface area contributed by atoms with E-state index in [1.165, 1.54) is 0 Å². The molecule has 6 heteroatoms. The van der Waals surface area contributed by atoms with Gasteiger partial charge in [-0.2, -0.15) is 5.10 Å². The van der Waals surface area contributed by atoms with E-state index in [0.29, 0.717) is 27.9 Å². The predicted octanol–water partition coefficient (Wildman–Crippen LogP) is 4.36. The minimum atomic E-state index is 0.0396. The molecule has 1 aromatic carbocycles. The summed E-state index contributed by atoms with van der Waals surface area (Å²) in [7, 11) is 3.21. The Morgan fingerprint density at radius 2 is 1.64 bits per heavy atom. The third-order valence-electron chi connectivity index (χ3n) is 4.74. The maximum atomic E-state index is 5.52. The van der Waals surface area contributed by atoms with E-state index in [0.717, 1.165) is 18.5 Å². The molecule has 0 unspecified atom stereocenters. The monoisotopic (exact) mass is 359 g/mol. The molecule has 0 aliphatic heterocycles. The third-order valence-corrected chi connectivity index (χ3v) is 5.05. The lowest BCUT2D eigenvalue weighted by Gasteiger charge is -2.25. The van der Waals surface area contributed by atoms with Gasteiger partial charge in [0.05, 0.1) is 25.5 Å². The first-order valence-corrected chi connectivity index (χ1v) is 8.76. The minimum Gasteiger partial charge on any atom is -0.496 e. The van der Waals surface area contributed by atoms with E-state index >= 15 is 0 Å². The first-order valence-electron chi connectivity index (χ1n) is 8.35. The van der Waals surface area contributed by atoms with Gasteiger partial charge in [0.2, 0.25) is 0 Å². The molecule has 0 bridgehead atoms. The molecule has 0 atom stereocenters. The Balaban J connectivity index is 2.25. The van der Waals surface area contributed by atoms with Crippen LogP contribution in [-0.2, 0) is 5.41 Å². The lowest BCUT2D eigenvalue weighted by Crippen LogP contribution is -2.22. The van der Waals surface area contributed by atoms with Gasteiger partial charge in [0, 0.05) is 5.41 Å². The maximum absolute atomic E-state index is 5.52. The highest BCUT2D eigenvalue weighted by Gasteiger charge is 2.24. The molecule has 134 valence electrons. The number of hydrogen-bond acceptors (Lipinski definition) is 5. The van der Waals surface area contributed by atoms with Gasteiger partial charge in [0.25, 0.3) is 0 Å². The molecule has 0 aliphatic rings. The Hall–Kier alpha value is -2.21. The summed E-state index contributed by atoms with van der Waals surface area (Å²) < 4.78 is 10.8. The largest absolute Gasteiger partial charge is 0.496 e. The molecule has 0 amide bonds. The molecule has 0 saturated heterocycles. The third kappa shape index (κ3) is 4.07. The van der Waals surface area contributed by atoms with Crippen molar-refractivity contribution in [2.45, 2.75) is 39.0 Å². The van der Waals surface area contributed by atoms with Crippen molar-refractivity contribution in [3.05, 3.63) is 41.6 Å². The summed E-state index contributed by atoms with van der Waals surface area (Å²) in [5, 5.41) is 11.8. The van der Waals surface area contributed by atoms with Crippen LogP contribution >= 0.6 is 12.2 Å². The fraction of sp³-hybridized carbons (Fsp3) is 0.421. The summed E-state index contributed by atoms with van der Waals surface area (Å²) in [6.07, 6.45) is 2.03. The minimum absolute atomic E-state index is 0.0396. The zero-order chi connectivity index (χ0) is 18.4. The van der Waals surface area contributed by atoms with E-state index in [1.807, 2.05) is 30.3 Å². The van der Waals surface area contributed by atoms with Crippen molar-refractivity contribution in [3.8, 4) is 11.5 Å². The van der Waals surface area contributed by atoms with Crippen LogP contribution in [0.15, 0.2) is 30.3 Å². The van der Waals surface area contributed by atoms with Crippen molar-refractivity contribution in [2.24, 2.45) is 0 Å². The fourth-order valence-electron chi connectivity index (χ4n) is 2.59. The molecule has 0 aliphatic carbocycles. The number of nitrogens with one attached hydrogen (secondary N) is 1. The Labute approximate surface area is 154 Å². The molecule has 0 saturated carbocycles. The lowest BCUT2D eigenvalue weighted by molar-refractivity contribution is 0.393. The zero-order valence-corrected chi connectivity index (χ0v) is 16.2. The highest BCUT2D eigenvalue weighted by atomic mass is 32.1. The van der Waals surface area contributed by atoms with Crippen molar-refractivity contribution in [1.29, 1.82) is 0 Å². The quantitative estimate of drug-likeness (QED) is 0.741. The molecular formula is C19H25N3O2S. The number of anilines is 1. The van der Waals surface area contributed by atoms with Crippen LogP contribution in [0.25, 0.3) is 0 Å². The molecule has 2 aromatic rings. The van der Waals surface area contributed by atoms with E-state index in [9.17, 15) is 0 Å². The summed E-state index contributed by atoms with van der Waals surface area (Å²) in [4.78, 5) is 0.477. The average Bonchev–Trinajstić information content (AvgIpc) is 2.67. The van der Waals surface area contributed by atoms with E-state index in [4.69, 9.17) is 21.7 Å². The fourth-order valence-corrected chi connectivity index (χ4v) is 2.89. The second kappa shape index (κ2) is 8.25. The van der Waals surface area contributed by atoms with Crippen LogP contribution in [0.5, 0.6) is 11.5 Å². The van der Waals surface area contributed by atoms with Crippen LogP contribution in [0.1, 0.15) is 44.9 Å². The number of methoxy groups -OCH3 is 2. The smallest absolute Gasteiger partial charge is 0.153 e. The molecule has 2 rings (SSSR count). The predicted molar refractivity (Wildman–Crippen MR) is 105 cm³/mol. The van der Waals surface area contributed by atoms with Crippen LogP contribution < -0.4 is 14.8 Å². The van der Waals surface area contributed by atoms with Crippen molar-refractivity contribution in [2.75, 3.05) is 19.5 Å². The average molecular weight is 359 g/mol. The molecule has 25 heavy (non-hydrogen) atoms. The summed E-state index contributed by atoms with van der Waals surface area (Å²) in [6, 6.07) is 9.45. The van der Waals surface area contributed by atoms with Gasteiger partial charge in [-0.15, -0.1) is 5.10 Å². The number of ether oxygens (including phenoxy) is 2. The number of nitrogens with zero attached hydrogens (tertiary/aromatic N) is 2. The van der Waals surface area contributed by atoms with Crippen LogP contribution in [0.2, 0.25) is 0 Å². The van der Waals surface area contributed by atoms with Crippen molar-refractivity contribution in [3.63, 3.8) is 0 Å². The van der Waals surface area contributed by atoms with E-state index in [2.05, 4.69) is 36.3 Å². The zero-order valence-electron chi connectivity index (χ0n) is 15.4. The molecule has 1 N–H and O–H groups in total. The number of benzene rings is 1. The molecule has 5 nitrogen and oxygen atoms in total. The van der Waals surface area contributed by atoms with Crippen LogP contribution in [0, 0.1) is 0 Å². The Morgan fingerprint density at radius 1 is 1.04 bits per heavy atom. The van der Waals surface area contributed by atoms with Crippen molar-refractivity contribution in [1.82, 2.24) is 10.2 Å².